The molecule has 5 heteroatoms. The predicted octanol–water partition coefficient (Wildman–Crippen LogP) is 2.97. The molecule has 2 rings (SSSR count). The van der Waals surface area contributed by atoms with Crippen LogP contribution in [0.3, 0.4) is 0 Å². The summed E-state index contributed by atoms with van der Waals surface area (Å²) < 4.78 is 6.51. The average molecular weight is 300 g/mol. The Morgan fingerprint density at radius 1 is 1.41 bits per heavy atom. The molecular weight excluding hydrogens is 282 g/mol. The number of rotatable bonds is 4. The second-order valence-electron chi connectivity index (χ2n) is 4.85. The molecule has 4 nitrogen and oxygen atoms in total. The van der Waals surface area contributed by atoms with Crippen LogP contribution in [0.15, 0.2) is 4.47 Å². The summed E-state index contributed by atoms with van der Waals surface area (Å²) in [6.07, 6.45) is 2.37. The summed E-state index contributed by atoms with van der Waals surface area (Å²) >= 11 is 3.47. The maximum Gasteiger partial charge on any atom is 0.162 e. The minimum absolute atomic E-state index is 0.493. The van der Waals surface area contributed by atoms with Crippen LogP contribution >= 0.6 is 15.9 Å². The van der Waals surface area contributed by atoms with Gasteiger partial charge in [-0.15, -0.1) is 0 Å². The number of hydrogen-bond donors (Lipinski definition) is 1. The Morgan fingerprint density at radius 2 is 2.06 bits per heavy atom. The molecular formula is C12H18BrN3O. The monoisotopic (exact) mass is 299 g/mol. The Labute approximate surface area is 110 Å². The molecule has 1 aromatic heterocycles. The van der Waals surface area contributed by atoms with Crippen LogP contribution in [0.25, 0.3) is 0 Å². The third-order valence-corrected chi connectivity index (χ3v) is 3.72. The van der Waals surface area contributed by atoms with Crippen LogP contribution in [0.1, 0.15) is 51.0 Å². The third kappa shape index (κ3) is 2.60. The Kier molecular flexibility index (Phi) is 3.41. The number of halogens is 1. The van der Waals surface area contributed by atoms with Gasteiger partial charge in [-0.25, -0.2) is 9.97 Å². The van der Waals surface area contributed by atoms with Gasteiger partial charge >= 0.3 is 0 Å². The van der Waals surface area contributed by atoms with Crippen molar-refractivity contribution in [1.82, 2.24) is 9.97 Å². The molecule has 0 radical (unpaired) electrons. The summed E-state index contributed by atoms with van der Waals surface area (Å²) in [4.78, 5) is 8.95. The van der Waals surface area contributed by atoms with E-state index in [4.69, 9.17) is 10.5 Å². The van der Waals surface area contributed by atoms with Crippen LogP contribution in [0.2, 0.25) is 0 Å². The molecule has 1 aliphatic carbocycles. The summed E-state index contributed by atoms with van der Waals surface area (Å²) in [7, 11) is 0. The normalized spacial score (nSPS) is 16.2. The van der Waals surface area contributed by atoms with E-state index < -0.39 is 5.60 Å². The van der Waals surface area contributed by atoms with Crippen molar-refractivity contribution in [2.75, 3.05) is 12.3 Å². The first-order chi connectivity index (χ1) is 7.95. The second kappa shape index (κ2) is 4.53. The van der Waals surface area contributed by atoms with Crippen LogP contribution in [0, 0.1) is 0 Å². The van der Waals surface area contributed by atoms with Crippen LogP contribution in [0.5, 0.6) is 0 Å². The second-order valence-corrected chi connectivity index (χ2v) is 5.64. The quantitative estimate of drug-likeness (QED) is 0.928. The fraction of sp³-hybridized carbons (Fsp3) is 0.667. The van der Waals surface area contributed by atoms with Gasteiger partial charge in [-0.05, 0) is 49.5 Å². The SMILES string of the molecule is CCOC(C)(C)c1nc(N)c(Br)c(C2CC2)n1. The summed E-state index contributed by atoms with van der Waals surface area (Å²) in [5, 5.41) is 0. The van der Waals surface area contributed by atoms with Gasteiger partial charge in [0.1, 0.15) is 11.4 Å². The van der Waals surface area contributed by atoms with Gasteiger partial charge in [0, 0.05) is 12.5 Å². The maximum absolute atomic E-state index is 5.93. The van der Waals surface area contributed by atoms with Gasteiger partial charge in [-0.2, -0.15) is 0 Å². The lowest BCUT2D eigenvalue weighted by molar-refractivity contribution is -0.0208. The highest BCUT2D eigenvalue weighted by molar-refractivity contribution is 9.10. The topological polar surface area (TPSA) is 61.0 Å². The fourth-order valence-electron chi connectivity index (χ4n) is 1.80. The predicted molar refractivity (Wildman–Crippen MR) is 70.8 cm³/mol. The number of nitrogens with two attached hydrogens (primary N) is 1. The molecule has 1 aliphatic rings. The van der Waals surface area contributed by atoms with Crippen LogP contribution in [-0.4, -0.2) is 16.6 Å². The minimum atomic E-state index is -0.493. The first kappa shape index (κ1) is 12.8. The number of nitrogen functional groups attached to an aromatic ring is 1. The molecule has 2 N–H and O–H groups in total. The molecule has 1 saturated carbocycles. The molecule has 94 valence electrons. The van der Waals surface area contributed by atoms with Crippen LogP contribution in [0.4, 0.5) is 5.82 Å². The van der Waals surface area contributed by atoms with Crippen molar-refractivity contribution < 1.29 is 4.74 Å². The zero-order valence-electron chi connectivity index (χ0n) is 10.5. The van der Waals surface area contributed by atoms with E-state index in [1.165, 1.54) is 12.8 Å². The highest BCUT2D eigenvalue weighted by Gasteiger charge is 2.32. The third-order valence-electron chi connectivity index (χ3n) is 2.91. The van der Waals surface area contributed by atoms with Crippen molar-refractivity contribution in [3.05, 3.63) is 16.0 Å². The smallest absolute Gasteiger partial charge is 0.162 e. The zero-order chi connectivity index (χ0) is 12.6. The minimum Gasteiger partial charge on any atom is -0.383 e. The van der Waals surface area contributed by atoms with E-state index in [2.05, 4.69) is 25.9 Å². The molecule has 17 heavy (non-hydrogen) atoms. The lowest BCUT2D eigenvalue weighted by Gasteiger charge is -2.24. The van der Waals surface area contributed by atoms with Crippen molar-refractivity contribution in [2.24, 2.45) is 0 Å². The number of hydrogen-bond acceptors (Lipinski definition) is 4. The van der Waals surface area contributed by atoms with E-state index in [-0.39, 0.29) is 0 Å². The van der Waals surface area contributed by atoms with Crippen molar-refractivity contribution in [2.45, 2.75) is 45.1 Å². The van der Waals surface area contributed by atoms with Crippen molar-refractivity contribution >= 4 is 21.7 Å². The summed E-state index contributed by atoms with van der Waals surface area (Å²) in [6, 6.07) is 0. The highest BCUT2D eigenvalue weighted by Crippen LogP contribution is 2.44. The van der Waals surface area contributed by atoms with Gasteiger partial charge in [0.25, 0.3) is 0 Å². The Hall–Kier alpha value is -0.680. The standard InChI is InChI=1S/C12H18BrN3O/c1-4-17-12(2,3)11-15-9(7-5-6-7)8(13)10(14)16-11/h7H,4-6H2,1-3H3,(H2,14,15,16). The Bertz CT molecular complexity index is 430. The van der Waals surface area contributed by atoms with Gasteiger partial charge in [0.05, 0.1) is 10.2 Å². The first-order valence-electron chi connectivity index (χ1n) is 5.93. The van der Waals surface area contributed by atoms with Crippen molar-refractivity contribution in [3.63, 3.8) is 0 Å². The molecule has 1 heterocycles. The van der Waals surface area contributed by atoms with Crippen LogP contribution < -0.4 is 5.73 Å². The van der Waals surface area contributed by atoms with E-state index in [0.29, 0.717) is 24.2 Å². The van der Waals surface area contributed by atoms with E-state index in [9.17, 15) is 0 Å². The molecule has 0 saturated heterocycles. The number of aromatic nitrogens is 2. The lowest BCUT2D eigenvalue weighted by Crippen LogP contribution is -2.26. The van der Waals surface area contributed by atoms with Gasteiger partial charge in [-0.1, -0.05) is 0 Å². The molecule has 0 bridgehead atoms. The van der Waals surface area contributed by atoms with Crippen molar-refractivity contribution in [1.29, 1.82) is 0 Å². The Morgan fingerprint density at radius 3 is 2.59 bits per heavy atom. The van der Waals surface area contributed by atoms with Gasteiger partial charge < -0.3 is 10.5 Å². The van der Waals surface area contributed by atoms with E-state index in [1.54, 1.807) is 0 Å². The highest BCUT2D eigenvalue weighted by atomic mass is 79.9. The maximum atomic E-state index is 5.93. The largest absolute Gasteiger partial charge is 0.383 e. The first-order valence-corrected chi connectivity index (χ1v) is 6.72. The number of nitrogens with zero attached hydrogens (tertiary/aromatic N) is 2. The average Bonchev–Trinajstić information content (AvgIpc) is 3.05. The fourth-order valence-corrected chi connectivity index (χ4v) is 2.31. The van der Waals surface area contributed by atoms with E-state index >= 15 is 0 Å². The molecule has 0 aromatic carbocycles. The molecule has 0 atom stereocenters. The molecule has 0 aliphatic heterocycles. The van der Waals surface area contributed by atoms with Crippen LogP contribution in [-0.2, 0) is 10.3 Å². The molecule has 0 spiro atoms. The summed E-state index contributed by atoms with van der Waals surface area (Å²) in [5.41, 5.74) is 6.46. The van der Waals surface area contributed by atoms with Crippen molar-refractivity contribution in [3.8, 4) is 0 Å². The lowest BCUT2D eigenvalue weighted by atomic mass is 10.1. The van der Waals surface area contributed by atoms with E-state index in [0.717, 1.165) is 10.2 Å². The number of anilines is 1. The molecule has 0 unspecified atom stereocenters. The zero-order valence-corrected chi connectivity index (χ0v) is 12.0. The van der Waals surface area contributed by atoms with Gasteiger partial charge in [0.2, 0.25) is 0 Å². The Balaban J connectivity index is 2.41. The molecule has 1 aromatic rings. The molecule has 1 fully saturated rings. The van der Waals surface area contributed by atoms with E-state index in [1.807, 2.05) is 20.8 Å². The summed E-state index contributed by atoms with van der Waals surface area (Å²) in [6.45, 7) is 6.53. The molecule has 0 amide bonds. The number of ether oxygens (including phenoxy) is 1. The van der Waals surface area contributed by atoms with Gasteiger partial charge in [0.15, 0.2) is 5.82 Å². The van der Waals surface area contributed by atoms with Gasteiger partial charge in [-0.3, -0.25) is 0 Å². The summed E-state index contributed by atoms with van der Waals surface area (Å²) in [5.74, 6) is 1.71.